The van der Waals surface area contributed by atoms with E-state index in [1.54, 1.807) is 6.07 Å². The molecule has 0 bridgehead atoms. The molecule has 2 aliphatic heterocycles. The number of benzene rings is 1. The van der Waals surface area contributed by atoms with Gasteiger partial charge in [-0.25, -0.2) is 4.39 Å². The van der Waals surface area contributed by atoms with Crippen LogP contribution in [0.4, 0.5) is 10.1 Å². The van der Waals surface area contributed by atoms with Gasteiger partial charge in [0.1, 0.15) is 11.9 Å². The Morgan fingerprint density at radius 3 is 3.06 bits per heavy atom. The third-order valence-corrected chi connectivity index (χ3v) is 3.47. The van der Waals surface area contributed by atoms with Crippen LogP contribution in [0.2, 0.25) is 0 Å². The first kappa shape index (κ1) is 11.6. The van der Waals surface area contributed by atoms with Crippen molar-refractivity contribution in [3.63, 3.8) is 0 Å². The maximum atomic E-state index is 13.8. The number of fused-ring (bicyclic) bond motifs is 1. The number of carbonyl (C=O) groups excluding carboxylic acids is 1. The lowest BCUT2D eigenvalue weighted by molar-refractivity contribution is -0.115. The van der Waals surface area contributed by atoms with E-state index in [0.29, 0.717) is 17.7 Å². The smallest absolute Gasteiger partial charge is 0.228 e. The molecule has 2 heterocycles. The van der Waals surface area contributed by atoms with Crippen LogP contribution >= 0.6 is 0 Å². The molecule has 0 saturated carbocycles. The van der Waals surface area contributed by atoms with Crippen LogP contribution in [-0.4, -0.2) is 23.7 Å². The van der Waals surface area contributed by atoms with Crippen molar-refractivity contribution in [3.05, 3.63) is 29.1 Å². The lowest BCUT2D eigenvalue weighted by atomic mass is 9.99. The first-order valence-electron chi connectivity index (χ1n) is 6.07. The molecular weight excluding hydrogens is 237 g/mol. The number of carbonyl (C=O) groups is 1. The zero-order valence-corrected chi connectivity index (χ0v) is 9.78. The van der Waals surface area contributed by atoms with Crippen molar-refractivity contribution < 1.29 is 19.0 Å². The van der Waals surface area contributed by atoms with Crippen LogP contribution in [0.5, 0.6) is 0 Å². The lowest BCUT2D eigenvalue weighted by Crippen LogP contribution is -2.17. The van der Waals surface area contributed by atoms with Crippen LogP contribution in [0.1, 0.15) is 30.1 Å². The fraction of sp³-hybridized carbons (Fsp3) is 0.462. The summed E-state index contributed by atoms with van der Waals surface area (Å²) >= 11 is 0. The fourth-order valence-corrected chi connectivity index (χ4v) is 2.56. The highest BCUT2D eigenvalue weighted by molar-refractivity contribution is 5.99. The summed E-state index contributed by atoms with van der Waals surface area (Å²) in [7, 11) is 0. The van der Waals surface area contributed by atoms with Crippen LogP contribution < -0.4 is 5.32 Å². The van der Waals surface area contributed by atoms with E-state index in [-0.39, 0.29) is 24.1 Å². The number of amides is 1. The second kappa shape index (κ2) is 4.33. The molecule has 4 nitrogen and oxygen atoms in total. The van der Waals surface area contributed by atoms with Gasteiger partial charge in [0, 0.05) is 6.61 Å². The zero-order valence-electron chi connectivity index (χ0n) is 9.78. The van der Waals surface area contributed by atoms with Crippen molar-refractivity contribution in [2.24, 2.45) is 0 Å². The predicted molar refractivity (Wildman–Crippen MR) is 62.7 cm³/mol. The molecule has 0 aromatic heterocycles. The molecule has 2 N–H and O–H groups in total. The molecule has 18 heavy (non-hydrogen) atoms. The molecule has 5 heteroatoms. The number of anilines is 1. The van der Waals surface area contributed by atoms with Crippen molar-refractivity contribution in [1.29, 1.82) is 0 Å². The van der Waals surface area contributed by atoms with E-state index in [9.17, 15) is 14.3 Å². The van der Waals surface area contributed by atoms with Gasteiger partial charge in [0.2, 0.25) is 5.91 Å². The number of hydrogen-bond donors (Lipinski definition) is 2. The van der Waals surface area contributed by atoms with Crippen LogP contribution in [0, 0.1) is 5.82 Å². The molecule has 1 amide bonds. The third kappa shape index (κ3) is 1.89. The van der Waals surface area contributed by atoms with Crippen LogP contribution in [0.25, 0.3) is 0 Å². The largest absolute Gasteiger partial charge is 0.386 e. The lowest BCUT2D eigenvalue weighted by Gasteiger charge is -2.18. The molecule has 2 unspecified atom stereocenters. The van der Waals surface area contributed by atoms with E-state index >= 15 is 0 Å². The second-order valence-electron chi connectivity index (χ2n) is 4.76. The molecule has 0 radical (unpaired) electrons. The van der Waals surface area contributed by atoms with E-state index in [4.69, 9.17) is 4.74 Å². The minimum Gasteiger partial charge on any atom is -0.386 e. The van der Waals surface area contributed by atoms with Crippen molar-refractivity contribution in [2.75, 3.05) is 11.9 Å². The van der Waals surface area contributed by atoms with Crippen LogP contribution in [0.15, 0.2) is 12.1 Å². The van der Waals surface area contributed by atoms with Crippen LogP contribution in [0.3, 0.4) is 0 Å². The van der Waals surface area contributed by atoms with Gasteiger partial charge < -0.3 is 15.2 Å². The normalized spacial score (nSPS) is 23.9. The van der Waals surface area contributed by atoms with E-state index in [1.807, 2.05) is 0 Å². The molecule has 1 aromatic carbocycles. The first-order chi connectivity index (χ1) is 8.65. The van der Waals surface area contributed by atoms with Gasteiger partial charge in [-0.2, -0.15) is 0 Å². The van der Waals surface area contributed by atoms with E-state index < -0.39 is 11.9 Å². The van der Waals surface area contributed by atoms with E-state index in [1.165, 1.54) is 6.07 Å². The Morgan fingerprint density at radius 2 is 2.33 bits per heavy atom. The highest BCUT2D eigenvalue weighted by Crippen LogP contribution is 2.33. The molecule has 0 aliphatic carbocycles. The number of aliphatic hydroxyl groups is 1. The predicted octanol–water partition coefficient (Wildman–Crippen LogP) is 1.53. The maximum absolute atomic E-state index is 13.8. The molecule has 1 saturated heterocycles. The summed E-state index contributed by atoms with van der Waals surface area (Å²) in [5.74, 6) is -0.710. The van der Waals surface area contributed by atoms with E-state index in [0.717, 1.165) is 12.8 Å². The number of rotatable bonds is 2. The molecule has 0 spiro atoms. The summed E-state index contributed by atoms with van der Waals surface area (Å²) in [4.78, 5) is 11.2. The summed E-state index contributed by atoms with van der Waals surface area (Å²) in [6.07, 6.45) is 0.750. The quantitative estimate of drug-likeness (QED) is 0.838. The molecule has 2 atom stereocenters. The minimum absolute atomic E-state index is 0.165. The monoisotopic (exact) mass is 251 g/mol. The highest BCUT2D eigenvalue weighted by atomic mass is 19.1. The number of aliphatic hydroxyl groups excluding tert-OH is 1. The topological polar surface area (TPSA) is 58.6 Å². The Labute approximate surface area is 104 Å². The van der Waals surface area contributed by atoms with Gasteiger partial charge in [0.15, 0.2) is 0 Å². The maximum Gasteiger partial charge on any atom is 0.228 e. The number of nitrogens with one attached hydrogen (secondary N) is 1. The average molecular weight is 251 g/mol. The van der Waals surface area contributed by atoms with Gasteiger partial charge in [0.25, 0.3) is 0 Å². The van der Waals surface area contributed by atoms with Gasteiger partial charge >= 0.3 is 0 Å². The summed E-state index contributed by atoms with van der Waals surface area (Å²) < 4.78 is 19.2. The number of ether oxygens (including phenoxy) is 1. The first-order valence-corrected chi connectivity index (χ1v) is 6.07. The molecular formula is C13H14FNO3. The Kier molecular flexibility index (Phi) is 2.80. The van der Waals surface area contributed by atoms with Gasteiger partial charge in [-0.05, 0) is 30.0 Å². The minimum atomic E-state index is -0.831. The molecule has 1 aromatic rings. The van der Waals surface area contributed by atoms with Crippen molar-refractivity contribution >= 4 is 11.6 Å². The number of hydrogen-bond acceptors (Lipinski definition) is 3. The molecule has 3 rings (SSSR count). The standard InChI is InChI=1S/C13H14FNO3/c14-9-5-8(13(17)10-2-1-3-18-10)4-7-6-11(16)15-12(7)9/h4-5,10,13,17H,1-3,6H2,(H,15,16). The van der Waals surface area contributed by atoms with Crippen LogP contribution in [-0.2, 0) is 16.0 Å². The summed E-state index contributed by atoms with van der Waals surface area (Å²) in [5.41, 5.74) is 1.32. The zero-order chi connectivity index (χ0) is 12.7. The van der Waals surface area contributed by atoms with Crippen molar-refractivity contribution in [2.45, 2.75) is 31.5 Å². The Morgan fingerprint density at radius 1 is 1.50 bits per heavy atom. The Hall–Kier alpha value is -1.46. The fourth-order valence-electron chi connectivity index (χ4n) is 2.56. The van der Waals surface area contributed by atoms with Gasteiger partial charge in [-0.3, -0.25) is 4.79 Å². The van der Waals surface area contributed by atoms with Crippen molar-refractivity contribution in [3.8, 4) is 0 Å². The van der Waals surface area contributed by atoms with Gasteiger partial charge in [0.05, 0.1) is 18.2 Å². The number of halogens is 1. The Balaban J connectivity index is 1.91. The third-order valence-electron chi connectivity index (χ3n) is 3.47. The average Bonchev–Trinajstić information content (AvgIpc) is 2.96. The van der Waals surface area contributed by atoms with Gasteiger partial charge in [-0.15, -0.1) is 0 Å². The summed E-state index contributed by atoms with van der Waals surface area (Å²) in [6.45, 7) is 0.634. The summed E-state index contributed by atoms with van der Waals surface area (Å²) in [6, 6.07) is 2.96. The summed E-state index contributed by atoms with van der Waals surface area (Å²) in [5, 5.41) is 12.6. The van der Waals surface area contributed by atoms with Crippen molar-refractivity contribution in [1.82, 2.24) is 0 Å². The molecule has 1 fully saturated rings. The second-order valence-corrected chi connectivity index (χ2v) is 4.76. The SMILES string of the molecule is O=C1Cc2cc(C(O)C3CCCO3)cc(F)c2N1. The molecule has 96 valence electrons. The van der Waals surface area contributed by atoms with E-state index in [2.05, 4.69) is 5.32 Å². The Bertz CT molecular complexity index is 497. The van der Waals surface area contributed by atoms with Gasteiger partial charge in [-0.1, -0.05) is 6.07 Å². The molecule has 2 aliphatic rings. The highest BCUT2D eigenvalue weighted by Gasteiger charge is 2.29.